The summed E-state index contributed by atoms with van der Waals surface area (Å²) in [4.78, 5) is 2.09. The topological polar surface area (TPSA) is 43.0 Å². The molecule has 0 saturated carbocycles. The molecule has 0 atom stereocenters. The van der Waals surface area contributed by atoms with Crippen LogP contribution in [0, 0.1) is 0 Å². The molecular weight excluding hydrogens is 637 g/mol. The number of hydrogen-bond donors (Lipinski definition) is 1. The lowest BCUT2D eigenvalue weighted by Gasteiger charge is -2.21. The van der Waals surface area contributed by atoms with Crippen molar-refractivity contribution in [2.45, 2.75) is 200 Å². The zero-order chi connectivity index (χ0) is 36.4. The average Bonchev–Trinajstić information content (AvgIpc) is 3.10. The molecule has 0 bridgehead atoms. The molecule has 0 radical (unpaired) electrons. The molecule has 0 aliphatic rings. The van der Waals surface area contributed by atoms with Gasteiger partial charge in [-0.25, -0.2) is 0 Å². The van der Waals surface area contributed by atoms with Crippen molar-refractivity contribution in [2.24, 2.45) is 0 Å². The molecule has 0 heterocycles. The highest BCUT2D eigenvalue weighted by atomic mass is 32.1. The summed E-state index contributed by atoms with van der Waals surface area (Å²) >= 11 is 5.46. The van der Waals surface area contributed by atoms with Crippen LogP contribution in [0.2, 0.25) is 0 Å². The maximum absolute atomic E-state index is 6.07. The third kappa shape index (κ3) is 41.5. The van der Waals surface area contributed by atoms with E-state index in [-0.39, 0.29) is 6.04 Å². The van der Waals surface area contributed by atoms with Crippen molar-refractivity contribution >= 4 is 17.4 Å². The van der Waals surface area contributed by atoms with Gasteiger partial charge in [0, 0.05) is 19.8 Å². The number of rotatable bonds is 40. The fourth-order valence-corrected chi connectivity index (χ4v) is 6.27. The minimum atomic E-state index is 0.0186. The lowest BCUT2D eigenvalue weighted by atomic mass is 10.1. The molecule has 0 unspecified atom stereocenters. The summed E-state index contributed by atoms with van der Waals surface area (Å²) in [7, 11) is 4.08. The summed E-state index contributed by atoms with van der Waals surface area (Å²) in [6.07, 6.45) is 46.6. The lowest BCUT2D eigenvalue weighted by Crippen LogP contribution is -2.42. The van der Waals surface area contributed by atoms with Crippen LogP contribution in [0.3, 0.4) is 0 Å². The smallest absolute Gasteiger partial charge is 0.257 e. The fraction of sp³-hybridized carbons (Fsp3) is 0.886. The van der Waals surface area contributed by atoms with Crippen LogP contribution in [0.1, 0.15) is 194 Å². The van der Waals surface area contributed by atoms with Crippen molar-refractivity contribution in [3.63, 3.8) is 0 Å². The van der Waals surface area contributed by atoms with Gasteiger partial charge >= 0.3 is 0 Å². The van der Waals surface area contributed by atoms with Gasteiger partial charge in [-0.3, -0.25) is 0 Å². The monoisotopic (exact) mass is 723 g/mol. The van der Waals surface area contributed by atoms with Crippen molar-refractivity contribution in [1.82, 2.24) is 10.2 Å². The average molecular weight is 723 g/mol. The third-order valence-corrected chi connectivity index (χ3v) is 9.57. The van der Waals surface area contributed by atoms with Crippen molar-refractivity contribution in [1.29, 1.82) is 0 Å². The van der Waals surface area contributed by atoms with Gasteiger partial charge in [-0.15, -0.1) is 0 Å². The number of thiocarbonyl (C=S) groups is 1. The highest BCUT2D eigenvalue weighted by Gasteiger charge is 2.12. The van der Waals surface area contributed by atoms with Crippen molar-refractivity contribution in [2.75, 3.05) is 53.7 Å². The Kier molecular flexibility index (Phi) is 41.7. The second-order valence-electron chi connectivity index (χ2n) is 14.8. The molecule has 0 spiro atoms. The Bertz CT molecular complexity index is 684. The minimum Gasteiger partial charge on any atom is -0.470 e. The fourth-order valence-electron chi connectivity index (χ4n) is 6.02. The van der Waals surface area contributed by atoms with Crippen LogP contribution < -0.4 is 5.32 Å². The number of allylic oxidation sites excluding steroid dienone is 4. The molecule has 0 saturated heterocycles. The number of nitrogens with zero attached hydrogens (tertiary/aromatic N) is 1. The number of nitrogens with one attached hydrogen (secondary N) is 1. The van der Waals surface area contributed by atoms with Gasteiger partial charge in [-0.2, -0.15) is 0 Å². The predicted octanol–water partition coefficient (Wildman–Crippen LogP) is 12.9. The van der Waals surface area contributed by atoms with Crippen LogP contribution in [0.15, 0.2) is 24.3 Å². The summed E-state index contributed by atoms with van der Waals surface area (Å²) in [5, 5.41) is 3.78. The van der Waals surface area contributed by atoms with E-state index in [0.717, 1.165) is 32.6 Å². The van der Waals surface area contributed by atoms with E-state index >= 15 is 0 Å². The normalized spacial score (nSPS) is 12.5. The van der Waals surface area contributed by atoms with E-state index in [1.54, 1.807) is 0 Å². The van der Waals surface area contributed by atoms with Gasteiger partial charge in [-0.05, 0) is 90.5 Å². The van der Waals surface area contributed by atoms with E-state index in [0.29, 0.717) is 25.0 Å². The second kappa shape index (κ2) is 42.5. The van der Waals surface area contributed by atoms with Gasteiger partial charge in [0.2, 0.25) is 0 Å². The molecule has 0 fully saturated rings. The molecule has 0 rings (SSSR count). The van der Waals surface area contributed by atoms with Crippen molar-refractivity contribution in [3.05, 3.63) is 24.3 Å². The molecule has 6 heteroatoms. The molecule has 296 valence electrons. The van der Waals surface area contributed by atoms with Gasteiger partial charge in [0.05, 0.1) is 19.3 Å². The number of ether oxygens (including phenoxy) is 3. The first kappa shape index (κ1) is 49.0. The second-order valence-corrected chi connectivity index (χ2v) is 15.2. The van der Waals surface area contributed by atoms with E-state index in [2.05, 4.69) is 48.4 Å². The molecule has 0 aliphatic carbocycles. The predicted molar refractivity (Wildman–Crippen MR) is 225 cm³/mol. The minimum absolute atomic E-state index is 0.0186. The highest BCUT2D eigenvalue weighted by Crippen LogP contribution is 2.12. The molecule has 0 amide bonds. The van der Waals surface area contributed by atoms with Gasteiger partial charge in [0.25, 0.3) is 5.17 Å². The summed E-state index contributed by atoms with van der Waals surface area (Å²) in [6, 6.07) is 0.0186. The van der Waals surface area contributed by atoms with Crippen molar-refractivity contribution < 1.29 is 14.2 Å². The summed E-state index contributed by atoms with van der Waals surface area (Å²) in [5.41, 5.74) is 0. The van der Waals surface area contributed by atoms with Gasteiger partial charge in [0.15, 0.2) is 0 Å². The first-order valence-electron chi connectivity index (χ1n) is 21.6. The molecule has 0 aliphatic heterocycles. The molecule has 1 N–H and O–H groups in total. The van der Waals surface area contributed by atoms with Crippen LogP contribution in [0.4, 0.5) is 0 Å². The largest absolute Gasteiger partial charge is 0.470 e. The zero-order valence-electron chi connectivity index (χ0n) is 34.0. The SMILES string of the molecule is CCCCCCCCC=CCCCCCCCCOCC(COCCCCCCCCC=CCCCCCCCC)NC(=S)OCCN(C)C. The van der Waals surface area contributed by atoms with Gasteiger partial charge in [-0.1, -0.05) is 154 Å². The van der Waals surface area contributed by atoms with Crippen LogP contribution >= 0.6 is 12.2 Å². The summed E-state index contributed by atoms with van der Waals surface area (Å²) in [5.74, 6) is 0. The zero-order valence-corrected chi connectivity index (χ0v) is 34.8. The standard InChI is InChI=1S/C44H86N2O3S/c1-5-7-9-11-13-15-17-19-21-23-25-27-29-31-33-35-38-47-41-43(45-44(50)49-40-37-46(3)4)42-48-39-36-34-32-30-28-26-24-22-20-18-16-14-12-10-8-6-2/h19-22,43H,5-18,23-42H2,1-4H3,(H,45,50). The van der Waals surface area contributed by atoms with Crippen LogP contribution in [-0.4, -0.2) is 69.8 Å². The van der Waals surface area contributed by atoms with Crippen molar-refractivity contribution in [3.8, 4) is 0 Å². The maximum atomic E-state index is 6.07. The quantitative estimate of drug-likeness (QED) is 0.0386. The number of unbranched alkanes of at least 4 members (excludes halogenated alkanes) is 24. The van der Waals surface area contributed by atoms with Gasteiger partial charge < -0.3 is 24.4 Å². The van der Waals surface area contributed by atoms with Gasteiger partial charge in [0.1, 0.15) is 6.61 Å². The molecule has 5 nitrogen and oxygen atoms in total. The molecule has 50 heavy (non-hydrogen) atoms. The Labute approximate surface area is 318 Å². The Morgan fingerprint density at radius 1 is 0.500 bits per heavy atom. The van der Waals surface area contributed by atoms with Crippen LogP contribution in [0.5, 0.6) is 0 Å². The third-order valence-electron chi connectivity index (χ3n) is 9.33. The number of hydrogen-bond acceptors (Lipinski definition) is 5. The Hall–Kier alpha value is -0.950. The molecular formula is C44H86N2O3S. The molecule has 0 aromatic heterocycles. The number of likely N-dealkylation sites (N-methyl/N-ethyl adjacent to an activating group) is 1. The summed E-state index contributed by atoms with van der Waals surface area (Å²) < 4.78 is 17.9. The first-order chi connectivity index (χ1) is 24.6. The van der Waals surface area contributed by atoms with E-state index < -0.39 is 0 Å². The highest BCUT2D eigenvalue weighted by molar-refractivity contribution is 7.80. The van der Waals surface area contributed by atoms with Crippen LogP contribution in [-0.2, 0) is 14.2 Å². The summed E-state index contributed by atoms with van der Waals surface area (Å²) in [6.45, 7) is 8.76. The van der Waals surface area contributed by atoms with E-state index in [1.165, 1.54) is 167 Å². The van der Waals surface area contributed by atoms with E-state index in [9.17, 15) is 0 Å². The molecule has 0 aromatic carbocycles. The Morgan fingerprint density at radius 2 is 0.840 bits per heavy atom. The van der Waals surface area contributed by atoms with E-state index in [1.807, 2.05) is 14.1 Å². The lowest BCUT2D eigenvalue weighted by molar-refractivity contribution is 0.0564. The Balaban J connectivity index is 3.89. The molecule has 0 aromatic rings. The maximum Gasteiger partial charge on any atom is 0.257 e. The first-order valence-corrected chi connectivity index (χ1v) is 22.0. The van der Waals surface area contributed by atoms with Crippen LogP contribution in [0.25, 0.3) is 0 Å². The Morgan fingerprint density at radius 3 is 1.20 bits per heavy atom. The van der Waals surface area contributed by atoms with E-state index in [4.69, 9.17) is 26.4 Å².